The molecule has 0 unspecified atom stereocenters. The molecular formula is C21H18ClN5OS. The Bertz CT molecular complexity index is 1200. The average molecular weight is 424 g/mol. The first-order chi connectivity index (χ1) is 14.1. The fraction of sp³-hybridized carbons (Fsp3) is 0.190. The minimum Gasteiger partial charge on any atom is -0.319 e. The number of aryl methyl sites for hydroxylation is 1. The predicted molar refractivity (Wildman–Crippen MR) is 116 cm³/mol. The van der Waals surface area contributed by atoms with Crippen molar-refractivity contribution in [3.63, 3.8) is 0 Å². The van der Waals surface area contributed by atoms with Crippen LogP contribution in [0.4, 0.5) is 10.5 Å². The van der Waals surface area contributed by atoms with Crippen LogP contribution in [-0.2, 0) is 13.0 Å². The largest absolute Gasteiger partial charge is 0.322 e. The number of aromatic nitrogens is 3. The van der Waals surface area contributed by atoms with E-state index in [1.54, 1.807) is 35.6 Å². The molecule has 8 heteroatoms. The molecule has 146 valence electrons. The van der Waals surface area contributed by atoms with E-state index in [-0.39, 0.29) is 6.03 Å². The summed E-state index contributed by atoms with van der Waals surface area (Å²) in [5.74, 6) is 0.738. The first-order valence-electron chi connectivity index (χ1n) is 9.33. The topological polar surface area (TPSA) is 62.5 Å². The molecule has 1 N–H and O–H groups in total. The number of amides is 2. The Morgan fingerprint density at radius 3 is 2.66 bits per heavy atom. The number of rotatable bonds is 2. The predicted octanol–water partition coefficient (Wildman–Crippen LogP) is 5.01. The first kappa shape index (κ1) is 18.1. The molecule has 29 heavy (non-hydrogen) atoms. The van der Waals surface area contributed by atoms with Gasteiger partial charge in [-0.3, -0.25) is 0 Å². The van der Waals surface area contributed by atoms with E-state index in [0.29, 0.717) is 18.1 Å². The summed E-state index contributed by atoms with van der Waals surface area (Å²) in [6.45, 7) is 3.26. The minimum atomic E-state index is -0.114. The number of carbonyl (C=O) groups is 1. The van der Waals surface area contributed by atoms with E-state index in [1.165, 1.54) is 5.56 Å². The maximum atomic E-state index is 12.6. The summed E-state index contributed by atoms with van der Waals surface area (Å²) in [5, 5.41) is 8.29. The van der Waals surface area contributed by atoms with Gasteiger partial charge in [-0.05, 0) is 31.2 Å². The number of nitrogens with one attached hydrogen (secondary N) is 1. The van der Waals surface area contributed by atoms with E-state index in [1.807, 2.05) is 21.5 Å². The monoisotopic (exact) mass is 423 g/mol. The number of thiazole rings is 1. The Hall–Kier alpha value is -2.90. The molecular weight excluding hydrogens is 406 g/mol. The molecule has 0 spiro atoms. The number of hydrogen-bond acceptors (Lipinski definition) is 4. The summed E-state index contributed by atoms with van der Waals surface area (Å²) < 4.78 is 1.93. The van der Waals surface area contributed by atoms with Gasteiger partial charge in [0.25, 0.3) is 0 Å². The van der Waals surface area contributed by atoms with Gasteiger partial charge in [0, 0.05) is 34.1 Å². The van der Waals surface area contributed by atoms with Gasteiger partial charge in [-0.1, -0.05) is 52.8 Å². The third-order valence-electron chi connectivity index (χ3n) is 5.01. The van der Waals surface area contributed by atoms with Gasteiger partial charge in [-0.25, -0.2) is 9.31 Å². The zero-order chi connectivity index (χ0) is 20.0. The van der Waals surface area contributed by atoms with Gasteiger partial charge in [0.05, 0.1) is 12.2 Å². The van der Waals surface area contributed by atoms with Gasteiger partial charge in [0.1, 0.15) is 0 Å². The van der Waals surface area contributed by atoms with Crippen molar-refractivity contribution in [2.75, 3.05) is 11.9 Å². The molecule has 0 atom stereocenters. The summed E-state index contributed by atoms with van der Waals surface area (Å²) in [6.07, 6.45) is 0.750. The smallest absolute Gasteiger partial charge is 0.319 e. The van der Waals surface area contributed by atoms with E-state index in [0.717, 1.165) is 39.0 Å². The van der Waals surface area contributed by atoms with Crippen LogP contribution in [0.1, 0.15) is 16.1 Å². The highest BCUT2D eigenvalue weighted by Crippen LogP contribution is 2.30. The van der Waals surface area contributed by atoms with Crippen LogP contribution >= 0.6 is 22.9 Å². The fourth-order valence-electron chi connectivity index (χ4n) is 3.42. The van der Waals surface area contributed by atoms with Gasteiger partial charge in [0.2, 0.25) is 4.96 Å². The molecule has 0 saturated heterocycles. The average Bonchev–Trinajstić information content (AvgIpc) is 3.27. The molecule has 2 aromatic carbocycles. The molecule has 5 rings (SSSR count). The molecule has 6 nitrogen and oxygen atoms in total. The van der Waals surface area contributed by atoms with E-state index in [2.05, 4.69) is 24.4 Å². The summed E-state index contributed by atoms with van der Waals surface area (Å²) in [4.78, 5) is 21.1. The van der Waals surface area contributed by atoms with Crippen LogP contribution in [-0.4, -0.2) is 32.1 Å². The van der Waals surface area contributed by atoms with Crippen molar-refractivity contribution in [2.45, 2.75) is 19.9 Å². The van der Waals surface area contributed by atoms with Gasteiger partial charge >= 0.3 is 6.03 Å². The molecule has 0 bridgehead atoms. The quantitative estimate of drug-likeness (QED) is 0.493. The maximum Gasteiger partial charge on any atom is 0.322 e. The highest BCUT2D eigenvalue weighted by Gasteiger charge is 2.26. The third-order valence-corrected chi connectivity index (χ3v) is 6.32. The van der Waals surface area contributed by atoms with Crippen LogP contribution in [0.15, 0.2) is 48.5 Å². The second kappa shape index (κ2) is 7.17. The van der Waals surface area contributed by atoms with Gasteiger partial charge in [-0.2, -0.15) is 4.98 Å². The third kappa shape index (κ3) is 3.47. The van der Waals surface area contributed by atoms with Gasteiger partial charge in [-0.15, -0.1) is 5.10 Å². The molecule has 1 aliphatic heterocycles. The van der Waals surface area contributed by atoms with Gasteiger partial charge in [0.15, 0.2) is 5.82 Å². The number of carbonyl (C=O) groups excluding carboxylic acids is 1. The summed E-state index contributed by atoms with van der Waals surface area (Å²) in [6, 6.07) is 15.2. The fourth-order valence-corrected chi connectivity index (χ4v) is 4.67. The minimum absolute atomic E-state index is 0.114. The second-order valence-electron chi connectivity index (χ2n) is 7.08. The number of anilines is 1. The van der Waals surface area contributed by atoms with Crippen molar-refractivity contribution in [1.82, 2.24) is 19.5 Å². The lowest BCUT2D eigenvalue weighted by atomic mass is 10.1. The van der Waals surface area contributed by atoms with E-state index >= 15 is 0 Å². The Morgan fingerprint density at radius 2 is 1.90 bits per heavy atom. The molecule has 0 fully saturated rings. The van der Waals surface area contributed by atoms with Crippen molar-refractivity contribution in [1.29, 1.82) is 0 Å². The van der Waals surface area contributed by atoms with Gasteiger partial charge < -0.3 is 10.2 Å². The molecule has 4 aromatic rings. The number of fused-ring (bicyclic) bond motifs is 3. The SMILES string of the molecule is Cc1ccc(-c2nc3sc4c(n3n2)CCN(C(=O)Nc2ccc(Cl)cc2)C4)cc1. The van der Waals surface area contributed by atoms with E-state index in [9.17, 15) is 4.79 Å². The summed E-state index contributed by atoms with van der Waals surface area (Å²) >= 11 is 7.50. The standard InChI is InChI=1S/C21H18ClN5OS/c1-13-2-4-14(5-3-13)19-24-21-27(25-19)17-10-11-26(12-18(17)29-21)20(28)23-16-8-6-15(22)7-9-16/h2-9H,10-12H2,1H3,(H,23,28). The zero-order valence-electron chi connectivity index (χ0n) is 15.7. The lowest BCUT2D eigenvalue weighted by Gasteiger charge is -2.26. The number of nitrogens with zero attached hydrogens (tertiary/aromatic N) is 4. The molecule has 1 aliphatic rings. The summed E-state index contributed by atoms with van der Waals surface area (Å²) in [5.41, 5.74) is 4.10. The van der Waals surface area contributed by atoms with Crippen LogP contribution in [0.5, 0.6) is 0 Å². The van der Waals surface area contributed by atoms with Crippen molar-refractivity contribution in [3.8, 4) is 11.4 Å². The van der Waals surface area contributed by atoms with Crippen molar-refractivity contribution >= 4 is 39.6 Å². The molecule has 0 aliphatic carbocycles. The van der Waals surface area contributed by atoms with Crippen LogP contribution in [0.2, 0.25) is 5.02 Å². The number of halogens is 1. The van der Waals surface area contributed by atoms with Crippen LogP contribution in [0, 0.1) is 6.92 Å². The zero-order valence-corrected chi connectivity index (χ0v) is 17.3. The van der Waals surface area contributed by atoms with E-state index < -0.39 is 0 Å². The van der Waals surface area contributed by atoms with Crippen molar-refractivity contribution in [3.05, 3.63) is 69.7 Å². The molecule has 0 radical (unpaired) electrons. The molecule has 2 aromatic heterocycles. The summed E-state index contributed by atoms with van der Waals surface area (Å²) in [7, 11) is 0. The Labute approximate surface area is 176 Å². The lowest BCUT2D eigenvalue weighted by Crippen LogP contribution is -2.38. The van der Waals surface area contributed by atoms with Crippen LogP contribution in [0.25, 0.3) is 16.3 Å². The highest BCUT2D eigenvalue weighted by atomic mass is 35.5. The van der Waals surface area contributed by atoms with Crippen molar-refractivity contribution in [2.24, 2.45) is 0 Å². The molecule has 0 saturated carbocycles. The Balaban J connectivity index is 1.35. The number of urea groups is 1. The van der Waals surface area contributed by atoms with Crippen LogP contribution < -0.4 is 5.32 Å². The number of benzene rings is 2. The lowest BCUT2D eigenvalue weighted by molar-refractivity contribution is 0.206. The Kier molecular flexibility index (Phi) is 4.49. The van der Waals surface area contributed by atoms with E-state index in [4.69, 9.17) is 21.7 Å². The maximum absolute atomic E-state index is 12.6. The Morgan fingerprint density at radius 1 is 1.14 bits per heavy atom. The highest BCUT2D eigenvalue weighted by molar-refractivity contribution is 7.17. The molecule has 2 amide bonds. The second-order valence-corrected chi connectivity index (χ2v) is 8.57. The van der Waals surface area contributed by atoms with Crippen molar-refractivity contribution < 1.29 is 4.79 Å². The first-order valence-corrected chi connectivity index (χ1v) is 10.5. The molecule has 3 heterocycles. The normalized spacial score (nSPS) is 13.5. The van der Waals surface area contributed by atoms with Crippen LogP contribution in [0.3, 0.4) is 0 Å². The number of hydrogen-bond donors (Lipinski definition) is 1.